The van der Waals surface area contributed by atoms with Crippen molar-refractivity contribution in [2.45, 2.75) is 38.3 Å². The molecule has 23 heavy (non-hydrogen) atoms. The Bertz CT molecular complexity index is 578. The van der Waals surface area contributed by atoms with Crippen molar-refractivity contribution in [2.24, 2.45) is 0 Å². The number of hydrogen-bond donors (Lipinski definition) is 1. The van der Waals surface area contributed by atoms with E-state index >= 15 is 0 Å². The van der Waals surface area contributed by atoms with Gasteiger partial charge in [0.1, 0.15) is 0 Å². The fraction of sp³-hybridized carbons (Fsp3) is 0.316. The van der Waals surface area contributed by atoms with Gasteiger partial charge in [0.25, 0.3) is 0 Å². The summed E-state index contributed by atoms with van der Waals surface area (Å²) in [7, 11) is 0. The van der Waals surface area contributed by atoms with Gasteiger partial charge in [-0.05, 0) is 19.4 Å². The Hall–Kier alpha value is -0.706. The van der Waals surface area contributed by atoms with Gasteiger partial charge in [0.05, 0.1) is 12.1 Å². The molecule has 0 aliphatic carbocycles. The van der Waals surface area contributed by atoms with Crippen LogP contribution in [0.2, 0.25) is 0 Å². The summed E-state index contributed by atoms with van der Waals surface area (Å²) in [5, 5.41) is 3.60. The average molecular weight is 385 g/mol. The molecule has 0 aromatic heterocycles. The molecule has 1 fully saturated rings. The standard InChI is InChI=1S/C19H22NO2.Y/c1-14-15(2)22-19(21-13-16-9-5-3-6-10-16)18(20-14)17-11-7-4-8-12-17;/h3-15,18-20H,1-2H3;/q-1;. The van der Waals surface area contributed by atoms with Crippen LogP contribution in [-0.2, 0) is 42.2 Å². The van der Waals surface area contributed by atoms with Crippen molar-refractivity contribution in [3.05, 3.63) is 78.4 Å². The number of benzene rings is 2. The van der Waals surface area contributed by atoms with Crippen molar-refractivity contribution in [3.8, 4) is 0 Å². The van der Waals surface area contributed by atoms with Gasteiger partial charge >= 0.3 is 0 Å². The summed E-state index contributed by atoms with van der Waals surface area (Å²) in [4.78, 5) is 0. The van der Waals surface area contributed by atoms with E-state index in [2.05, 4.69) is 31.3 Å². The molecular formula is C19H22NO2Y-. The predicted molar refractivity (Wildman–Crippen MR) is 87.0 cm³/mol. The van der Waals surface area contributed by atoms with Crippen LogP contribution in [0.3, 0.4) is 0 Å². The van der Waals surface area contributed by atoms with Crippen LogP contribution in [0, 0.1) is 6.61 Å². The van der Waals surface area contributed by atoms with E-state index in [-0.39, 0.29) is 57.2 Å². The molecule has 0 saturated carbocycles. The minimum atomic E-state index is -0.339. The number of hydrogen-bond acceptors (Lipinski definition) is 3. The first-order valence-electron chi connectivity index (χ1n) is 7.74. The molecule has 4 atom stereocenters. The quantitative estimate of drug-likeness (QED) is 0.815. The van der Waals surface area contributed by atoms with Crippen molar-refractivity contribution in [1.82, 2.24) is 5.32 Å². The molecule has 1 N–H and O–H groups in total. The summed E-state index contributed by atoms with van der Waals surface area (Å²) >= 11 is 0. The fourth-order valence-electron chi connectivity index (χ4n) is 2.61. The molecule has 1 saturated heterocycles. The van der Waals surface area contributed by atoms with Crippen molar-refractivity contribution < 1.29 is 42.2 Å². The number of ether oxygens (including phenoxy) is 2. The molecular weight excluding hydrogens is 363 g/mol. The molecule has 3 nitrogen and oxygen atoms in total. The maximum absolute atomic E-state index is 6.07. The number of nitrogens with one attached hydrogen (secondary N) is 1. The molecule has 2 aromatic rings. The molecule has 0 bridgehead atoms. The van der Waals surface area contributed by atoms with Gasteiger partial charge in [0.15, 0.2) is 6.29 Å². The smallest absolute Gasteiger partial charge is 0.170 e. The molecule has 1 aliphatic rings. The summed E-state index contributed by atoms with van der Waals surface area (Å²) in [5.74, 6) is 0. The monoisotopic (exact) mass is 385 g/mol. The Balaban J connectivity index is 0.00000192. The van der Waals surface area contributed by atoms with Crippen LogP contribution in [0.4, 0.5) is 0 Å². The van der Waals surface area contributed by atoms with Gasteiger partial charge in [-0.25, -0.2) is 0 Å². The third-order valence-corrected chi connectivity index (χ3v) is 4.06. The van der Waals surface area contributed by atoms with E-state index in [4.69, 9.17) is 9.47 Å². The van der Waals surface area contributed by atoms with E-state index in [1.165, 1.54) is 5.56 Å². The van der Waals surface area contributed by atoms with Crippen LogP contribution in [0.1, 0.15) is 31.0 Å². The van der Waals surface area contributed by atoms with E-state index in [9.17, 15) is 0 Å². The zero-order chi connectivity index (χ0) is 15.4. The third-order valence-electron chi connectivity index (χ3n) is 4.06. The van der Waals surface area contributed by atoms with Gasteiger partial charge in [-0.1, -0.05) is 43.0 Å². The first-order valence-corrected chi connectivity index (χ1v) is 7.74. The van der Waals surface area contributed by atoms with Gasteiger partial charge in [-0.2, -0.15) is 17.7 Å². The van der Waals surface area contributed by atoms with E-state index in [0.29, 0.717) is 0 Å². The van der Waals surface area contributed by atoms with E-state index in [0.717, 1.165) is 5.56 Å². The predicted octanol–water partition coefficient (Wildman–Crippen LogP) is 3.67. The first-order chi connectivity index (χ1) is 10.7. The second kappa shape index (κ2) is 8.96. The van der Waals surface area contributed by atoms with Crippen molar-refractivity contribution >= 4 is 0 Å². The number of morpholine rings is 1. The van der Waals surface area contributed by atoms with Gasteiger partial charge < -0.3 is 14.8 Å². The van der Waals surface area contributed by atoms with Crippen molar-refractivity contribution in [3.63, 3.8) is 0 Å². The molecule has 3 rings (SSSR count). The van der Waals surface area contributed by atoms with Crippen LogP contribution in [0.15, 0.2) is 60.7 Å². The summed E-state index contributed by atoms with van der Waals surface area (Å²) in [6.07, 6.45) is -0.233. The Morgan fingerprint density at radius 3 is 2.22 bits per heavy atom. The summed E-state index contributed by atoms with van der Waals surface area (Å²) in [5.41, 5.74) is 2.21. The maximum atomic E-state index is 6.07. The van der Waals surface area contributed by atoms with E-state index < -0.39 is 0 Å². The minimum absolute atomic E-state index is 0. The van der Waals surface area contributed by atoms with Gasteiger partial charge in [-0.3, -0.25) is 0 Å². The number of rotatable bonds is 4. The topological polar surface area (TPSA) is 30.5 Å². The molecule has 0 amide bonds. The second-order valence-electron chi connectivity index (χ2n) is 5.72. The Morgan fingerprint density at radius 1 is 0.957 bits per heavy atom. The van der Waals surface area contributed by atoms with Crippen LogP contribution in [0.25, 0.3) is 0 Å². The first kappa shape index (κ1) is 18.6. The van der Waals surface area contributed by atoms with Gasteiger partial charge in [-0.15, -0.1) is 12.1 Å². The van der Waals surface area contributed by atoms with E-state index in [1.54, 1.807) is 6.61 Å². The summed E-state index contributed by atoms with van der Waals surface area (Å²) < 4.78 is 12.0. The zero-order valence-corrected chi connectivity index (χ0v) is 16.4. The maximum Gasteiger partial charge on any atom is 0.170 e. The molecule has 1 heterocycles. The Morgan fingerprint density at radius 2 is 1.57 bits per heavy atom. The Labute approximate surface area is 163 Å². The van der Waals surface area contributed by atoms with Crippen LogP contribution in [0.5, 0.6) is 0 Å². The van der Waals surface area contributed by atoms with Gasteiger partial charge in [0.2, 0.25) is 0 Å². The third kappa shape index (κ3) is 4.88. The van der Waals surface area contributed by atoms with Crippen molar-refractivity contribution in [2.75, 3.05) is 0 Å². The SMILES string of the molecule is CC1NC(c2ccccc2)C(O[CH-]c2ccccc2)OC1C.[Y]. The van der Waals surface area contributed by atoms with Gasteiger partial charge in [0, 0.05) is 38.8 Å². The van der Waals surface area contributed by atoms with Crippen molar-refractivity contribution in [1.29, 1.82) is 0 Å². The largest absolute Gasteiger partial charge is 0.386 e. The fourth-order valence-corrected chi connectivity index (χ4v) is 2.61. The normalized spacial score (nSPS) is 27.0. The molecule has 2 aromatic carbocycles. The Kier molecular flexibility index (Phi) is 7.25. The van der Waals surface area contributed by atoms with E-state index in [1.807, 2.05) is 48.5 Å². The van der Waals surface area contributed by atoms with Crippen LogP contribution >= 0.6 is 0 Å². The molecule has 119 valence electrons. The zero-order valence-electron chi connectivity index (χ0n) is 13.6. The molecule has 0 spiro atoms. The minimum Gasteiger partial charge on any atom is -0.386 e. The van der Waals surface area contributed by atoms with Crippen LogP contribution in [-0.4, -0.2) is 18.4 Å². The molecule has 1 radical (unpaired) electrons. The second-order valence-corrected chi connectivity index (χ2v) is 5.72. The molecule has 4 heteroatoms. The molecule has 1 aliphatic heterocycles. The summed E-state index contributed by atoms with van der Waals surface area (Å²) in [6, 6.07) is 20.6. The summed E-state index contributed by atoms with van der Waals surface area (Å²) in [6.45, 7) is 5.97. The molecule has 4 unspecified atom stereocenters. The average Bonchev–Trinajstić information content (AvgIpc) is 2.57. The van der Waals surface area contributed by atoms with Crippen LogP contribution < -0.4 is 5.32 Å².